The van der Waals surface area contributed by atoms with Crippen LogP contribution < -0.4 is 32.3 Å². The fraction of sp³-hybridized carbons (Fsp3) is 0.357. The number of benzene rings is 3. The van der Waals surface area contributed by atoms with Crippen LogP contribution in [0.3, 0.4) is 0 Å². The molecule has 18 heteroatoms. The average molecular weight is 830 g/mol. The first-order chi connectivity index (χ1) is 28.6. The fourth-order valence-electron chi connectivity index (χ4n) is 6.25. The van der Waals surface area contributed by atoms with Gasteiger partial charge in [0, 0.05) is 42.8 Å². The second-order valence-electron chi connectivity index (χ2n) is 14.7. The molecule has 4 rings (SSSR count). The highest BCUT2D eigenvalue weighted by molar-refractivity contribution is 5.97. The summed E-state index contributed by atoms with van der Waals surface area (Å²) >= 11 is 0. The second kappa shape index (κ2) is 21.8. The van der Waals surface area contributed by atoms with Crippen LogP contribution in [0.2, 0.25) is 0 Å². The van der Waals surface area contributed by atoms with Crippen LogP contribution in [0.15, 0.2) is 85.1 Å². The van der Waals surface area contributed by atoms with Crippen molar-refractivity contribution >= 4 is 52.4 Å². The number of phenolic OH excluding ortho intramolecular Hbond substituents is 1. The predicted molar refractivity (Wildman–Crippen MR) is 218 cm³/mol. The molecule has 0 aliphatic heterocycles. The molecule has 0 fully saturated rings. The van der Waals surface area contributed by atoms with Gasteiger partial charge in [-0.2, -0.15) is 0 Å². The van der Waals surface area contributed by atoms with Crippen molar-refractivity contribution in [2.24, 2.45) is 11.7 Å². The lowest BCUT2D eigenvalue weighted by molar-refractivity contribution is -0.142. The summed E-state index contributed by atoms with van der Waals surface area (Å²) in [6.45, 7) is 2.54. The van der Waals surface area contributed by atoms with E-state index in [0.29, 0.717) is 22.1 Å². The molecule has 320 valence electrons. The van der Waals surface area contributed by atoms with Crippen molar-refractivity contribution in [3.8, 4) is 5.75 Å². The molecular formula is C42H51N7O11. The number of nitrogens with one attached hydrogen (secondary N) is 6. The molecule has 0 saturated heterocycles. The normalized spacial score (nSPS) is 14.2. The molecule has 12 N–H and O–H groups in total. The third kappa shape index (κ3) is 13.4. The number of carboxylic acid groups (broad SMARTS) is 2. The number of aromatic amines is 1. The van der Waals surface area contributed by atoms with E-state index < -0.39 is 97.2 Å². The highest BCUT2D eigenvalue weighted by Crippen LogP contribution is 2.20. The van der Waals surface area contributed by atoms with Gasteiger partial charge in [-0.25, -0.2) is 4.79 Å². The quantitative estimate of drug-likeness (QED) is 0.0508. The van der Waals surface area contributed by atoms with Gasteiger partial charge in [0.2, 0.25) is 29.5 Å². The Kier molecular flexibility index (Phi) is 16.7. The van der Waals surface area contributed by atoms with Gasteiger partial charge >= 0.3 is 11.9 Å². The third-order valence-corrected chi connectivity index (χ3v) is 9.75. The van der Waals surface area contributed by atoms with Gasteiger partial charge in [0.25, 0.3) is 0 Å². The standard InChI is InChI=1S/C42H51N7O11/c1-23(2)36(43)41(58)49-34(22-50)40(57)46-31(18-24-8-4-3-5-9-24)38(55)45-30(16-17-35(52)53)37(54)47-32(20-26-21-44-29-11-7-6-10-28(26)29)39(56)48-33(42(59)60)19-25-12-14-27(51)15-13-25/h3-15,21,23,30-34,36,44,50-51H,16-20,22,43H2,1-2H3,(H,45,55)(H,46,57)(H,47,54)(H,48,56)(H,49,58)(H,52,53)(H,59,60)/t30-,31-,32-,33-,34-,36-/m0/s1. The number of phenols is 1. The number of aromatic nitrogens is 1. The van der Waals surface area contributed by atoms with Crippen LogP contribution in [-0.4, -0.2) is 110 Å². The van der Waals surface area contributed by atoms with Crippen LogP contribution in [0.25, 0.3) is 10.9 Å². The number of aromatic hydroxyl groups is 1. The van der Waals surface area contributed by atoms with Gasteiger partial charge in [-0.1, -0.05) is 74.5 Å². The van der Waals surface area contributed by atoms with E-state index in [9.17, 15) is 54.0 Å². The van der Waals surface area contributed by atoms with Gasteiger partial charge in [0.15, 0.2) is 0 Å². The van der Waals surface area contributed by atoms with E-state index in [1.807, 2.05) is 0 Å². The number of para-hydroxylation sites is 1. The number of carbonyl (C=O) groups excluding carboxylic acids is 5. The number of carbonyl (C=O) groups is 7. The molecule has 6 atom stereocenters. The minimum atomic E-state index is -1.59. The number of carboxylic acids is 2. The topological polar surface area (TPSA) is 302 Å². The molecule has 60 heavy (non-hydrogen) atoms. The lowest BCUT2D eigenvalue weighted by Gasteiger charge is -2.27. The van der Waals surface area contributed by atoms with Gasteiger partial charge in [0.1, 0.15) is 36.0 Å². The number of hydrogen-bond donors (Lipinski definition) is 11. The largest absolute Gasteiger partial charge is 0.508 e. The van der Waals surface area contributed by atoms with Gasteiger partial charge < -0.3 is 57.7 Å². The summed E-state index contributed by atoms with van der Waals surface area (Å²) in [5.41, 5.74) is 8.26. The van der Waals surface area contributed by atoms with Gasteiger partial charge in [-0.05, 0) is 47.2 Å². The van der Waals surface area contributed by atoms with E-state index in [4.69, 9.17) is 5.73 Å². The Bertz CT molecular complexity index is 2120. The molecule has 0 aliphatic rings. The van der Waals surface area contributed by atoms with E-state index in [0.717, 1.165) is 5.52 Å². The van der Waals surface area contributed by atoms with Crippen molar-refractivity contribution in [1.29, 1.82) is 0 Å². The van der Waals surface area contributed by atoms with Crippen molar-refractivity contribution < 1.29 is 54.0 Å². The minimum Gasteiger partial charge on any atom is -0.508 e. The first-order valence-corrected chi connectivity index (χ1v) is 19.3. The minimum absolute atomic E-state index is 0.0420. The molecule has 1 heterocycles. The molecular weight excluding hydrogens is 778 g/mol. The monoisotopic (exact) mass is 829 g/mol. The molecule has 0 saturated carbocycles. The molecule has 0 radical (unpaired) electrons. The molecule has 0 spiro atoms. The van der Waals surface area contributed by atoms with Crippen molar-refractivity contribution in [2.75, 3.05) is 6.61 Å². The number of aliphatic carboxylic acids is 2. The summed E-state index contributed by atoms with van der Waals surface area (Å²) in [5.74, 6) is -7.49. The number of nitrogens with two attached hydrogens (primary N) is 1. The van der Waals surface area contributed by atoms with Gasteiger partial charge in [-0.15, -0.1) is 0 Å². The van der Waals surface area contributed by atoms with E-state index in [-0.39, 0.29) is 30.9 Å². The number of H-pyrrole nitrogens is 1. The Morgan fingerprint density at radius 2 is 1.12 bits per heavy atom. The van der Waals surface area contributed by atoms with Crippen LogP contribution in [0.4, 0.5) is 0 Å². The number of aliphatic hydroxyl groups is 1. The smallest absolute Gasteiger partial charge is 0.326 e. The molecule has 0 unspecified atom stereocenters. The van der Waals surface area contributed by atoms with Crippen molar-refractivity contribution in [2.45, 2.75) is 82.2 Å². The number of aliphatic hydroxyl groups excluding tert-OH is 1. The molecule has 3 aromatic carbocycles. The Morgan fingerprint density at radius 3 is 1.72 bits per heavy atom. The van der Waals surface area contributed by atoms with E-state index in [1.165, 1.54) is 24.3 Å². The lowest BCUT2D eigenvalue weighted by Crippen LogP contribution is -2.60. The average Bonchev–Trinajstić information content (AvgIpc) is 3.63. The lowest BCUT2D eigenvalue weighted by atomic mass is 10.0. The molecule has 1 aromatic heterocycles. The summed E-state index contributed by atoms with van der Waals surface area (Å²) in [7, 11) is 0. The van der Waals surface area contributed by atoms with Gasteiger partial charge in [0.05, 0.1) is 12.6 Å². The summed E-state index contributed by atoms with van der Waals surface area (Å²) in [6.07, 6.45) is 0.103. The van der Waals surface area contributed by atoms with Crippen LogP contribution in [0.1, 0.15) is 43.4 Å². The van der Waals surface area contributed by atoms with E-state index >= 15 is 0 Å². The highest BCUT2D eigenvalue weighted by Gasteiger charge is 2.34. The number of fused-ring (bicyclic) bond motifs is 1. The summed E-state index contributed by atoms with van der Waals surface area (Å²) in [5, 5.41) is 52.4. The SMILES string of the molecule is CC(C)[C@H](N)C(=O)N[C@@H](CO)C(=O)N[C@@H](Cc1ccccc1)C(=O)N[C@@H](CCC(=O)O)C(=O)N[C@@H](Cc1c[nH]c2ccccc12)C(=O)N[C@@H](Cc1ccc(O)cc1)C(=O)O. The molecule has 18 nitrogen and oxygen atoms in total. The third-order valence-electron chi connectivity index (χ3n) is 9.75. The van der Waals surface area contributed by atoms with Crippen LogP contribution in [0, 0.1) is 5.92 Å². The number of amides is 5. The van der Waals surface area contributed by atoms with Crippen LogP contribution >= 0.6 is 0 Å². The zero-order chi connectivity index (χ0) is 43.9. The first-order valence-electron chi connectivity index (χ1n) is 19.3. The van der Waals surface area contributed by atoms with Crippen LogP contribution in [0.5, 0.6) is 5.75 Å². The zero-order valence-electron chi connectivity index (χ0n) is 33.1. The maximum Gasteiger partial charge on any atom is 0.326 e. The molecule has 5 amide bonds. The Hall–Kier alpha value is -6.79. The van der Waals surface area contributed by atoms with Crippen molar-refractivity contribution in [3.63, 3.8) is 0 Å². The van der Waals surface area contributed by atoms with Crippen LogP contribution in [-0.2, 0) is 52.8 Å². The van der Waals surface area contributed by atoms with Crippen molar-refractivity contribution in [3.05, 3.63) is 102 Å². The maximum atomic E-state index is 14.1. The van der Waals surface area contributed by atoms with E-state index in [1.54, 1.807) is 74.6 Å². The summed E-state index contributed by atoms with van der Waals surface area (Å²) in [4.78, 5) is 95.3. The predicted octanol–water partition coefficient (Wildman–Crippen LogP) is 0.250. The summed E-state index contributed by atoms with van der Waals surface area (Å²) in [6, 6.07) is 12.9. The number of hydrogen-bond acceptors (Lipinski definition) is 10. The summed E-state index contributed by atoms with van der Waals surface area (Å²) < 4.78 is 0. The molecule has 0 aliphatic carbocycles. The molecule has 0 bridgehead atoms. The maximum absolute atomic E-state index is 14.1. The Morgan fingerprint density at radius 1 is 0.617 bits per heavy atom. The van der Waals surface area contributed by atoms with Crippen molar-refractivity contribution in [1.82, 2.24) is 31.6 Å². The van der Waals surface area contributed by atoms with E-state index in [2.05, 4.69) is 31.6 Å². The Balaban J connectivity index is 1.62. The molecule has 4 aromatic rings. The van der Waals surface area contributed by atoms with Gasteiger partial charge in [-0.3, -0.25) is 28.8 Å². The second-order valence-corrected chi connectivity index (χ2v) is 14.7. The highest BCUT2D eigenvalue weighted by atomic mass is 16.4. The fourth-order valence-corrected chi connectivity index (χ4v) is 6.25. The number of rotatable bonds is 22. The zero-order valence-corrected chi connectivity index (χ0v) is 33.1. The first kappa shape index (κ1) is 45.9. The Labute approximate surface area is 345 Å².